The molecule has 0 aromatic heterocycles. The standard InChI is InChI=1S/C83H88BN3/c1-51-43-53(76(2,3)4)37-39-68(51)85-71-49-64-62(78(8,9)57-31-21-23-33-59(57)80(64,12)13)47-66(71)84-67-48-63-65(81(14,15)60-34-24-22-32-58(60)79(63,10)11)50-72(67)86(69-40-38-54(77(5,6)7)44-56(69)52-29-19-18-20-30-52)74-46-55(45-73(85)75(74)84)87-70-36-26-25-35-61(70)82(16)41-27-28-42-83(82,87)17/h18-26,29-40,43-50H,27-28,41-42H2,1-17H3. The van der Waals surface area contributed by atoms with Crippen molar-refractivity contribution >= 4 is 68.6 Å². The Morgan fingerprint density at radius 3 is 1.29 bits per heavy atom. The highest BCUT2D eigenvalue weighted by molar-refractivity contribution is 7.00. The molecule has 0 radical (unpaired) electrons. The minimum atomic E-state index is -0.285. The molecule has 6 aliphatic rings. The summed E-state index contributed by atoms with van der Waals surface area (Å²) < 4.78 is 0. The molecule has 438 valence electrons. The van der Waals surface area contributed by atoms with Gasteiger partial charge in [-0.1, -0.05) is 244 Å². The molecule has 87 heavy (non-hydrogen) atoms. The van der Waals surface area contributed by atoms with E-state index in [4.69, 9.17) is 0 Å². The molecule has 0 saturated heterocycles. The maximum absolute atomic E-state index is 2.84. The van der Waals surface area contributed by atoms with Crippen molar-refractivity contribution in [3.8, 4) is 11.1 Å². The Labute approximate surface area is 521 Å². The molecule has 0 amide bonds. The number of benzene rings is 9. The fourth-order valence-electron chi connectivity index (χ4n) is 18.0. The van der Waals surface area contributed by atoms with E-state index >= 15 is 0 Å². The number of nitrogens with zero attached hydrogens (tertiary/aromatic N) is 3. The van der Waals surface area contributed by atoms with Gasteiger partial charge in [0.15, 0.2) is 0 Å². The second-order valence-electron chi connectivity index (χ2n) is 31.8. The number of para-hydroxylation sites is 1. The number of anilines is 8. The van der Waals surface area contributed by atoms with Gasteiger partial charge in [0.1, 0.15) is 0 Å². The van der Waals surface area contributed by atoms with Crippen LogP contribution < -0.4 is 31.1 Å². The van der Waals surface area contributed by atoms with Crippen LogP contribution in [0.3, 0.4) is 0 Å². The first-order chi connectivity index (χ1) is 41.1. The zero-order valence-electron chi connectivity index (χ0n) is 55.0. The summed E-state index contributed by atoms with van der Waals surface area (Å²) in [4.78, 5) is 8.38. The molecule has 3 nitrogen and oxygen atoms in total. The van der Waals surface area contributed by atoms with Crippen molar-refractivity contribution in [2.75, 3.05) is 14.7 Å². The fourth-order valence-corrected chi connectivity index (χ4v) is 18.0. The number of hydrogen-bond donors (Lipinski definition) is 0. The van der Waals surface area contributed by atoms with Crippen molar-refractivity contribution in [2.45, 2.75) is 187 Å². The number of hydrogen-bond acceptors (Lipinski definition) is 3. The topological polar surface area (TPSA) is 9.72 Å². The first-order valence-electron chi connectivity index (χ1n) is 32.7. The highest BCUT2D eigenvalue weighted by Gasteiger charge is 2.59. The first kappa shape index (κ1) is 56.0. The van der Waals surface area contributed by atoms with Crippen LogP contribution in [0, 0.1) is 6.92 Å². The smallest absolute Gasteiger partial charge is 0.252 e. The molecule has 2 atom stereocenters. The van der Waals surface area contributed by atoms with E-state index in [0.717, 1.165) is 12.8 Å². The predicted molar refractivity (Wildman–Crippen MR) is 372 cm³/mol. The fraction of sp³-hybridized carbons (Fsp3) is 0.349. The lowest BCUT2D eigenvalue weighted by atomic mass is 9.32. The van der Waals surface area contributed by atoms with E-state index in [0.29, 0.717) is 0 Å². The molecule has 1 fully saturated rings. The predicted octanol–water partition coefficient (Wildman–Crippen LogP) is 20.0. The van der Waals surface area contributed by atoms with E-state index < -0.39 is 0 Å². The Morgan fingerprint density at radius 1 is 0.368 bits per heavy atom. The average Bonchev–Trinajstić information content (AvgIpc) is 1.40. The minimum absolute atomic E-state index is 0.0220. The Morgan fingerprint density at radius 2 is 0.793 bits per heavy atom. The van der Waals surface area contributed by atoms with Crippen molar-refractivity contribution < 1.29 is 0 Å². The molecule has 0 bridgehead atoms. The van der Waals surface area contributed by atoms with Crippen molar-refractivity contribution in [3.63, 3.8) is 0 Å². The highest BCUT2D eigenvalue weighted by atomic mass is 15.3. The lowest BCUT2D eigenvalue weighted by Gasteiger charge is -2.52. The molecule has 3 aliphatic carbocycles. The van der Waals surface area contributed by atoms with Gasteiger partial charge >= 0.3 is 0 Å². The maximum atomic E-state index is 2.84. The van der Waals surface area contributed by atoms with E-state index in [2.05, 4.69) is 308 Å². The minimum Gasteiger partial charge on any atom is -0.334 e. The monoisotopic (exact) mass is 1140 g/mol. The third-order valence-corrected chi connectivity index (χ3v) is 23.3. The van der Waals surface area contributed by atoms with Gasteiger partial charge in [0.2, 0.25) is 0 Å². The summed E-state index contributed by atoms with van der Waals surface area (Å²) in [6.45, 7) is 41.5. The lowest BCUT2D eigenvalue weighted by Crippen LogP contribution is -2.62. The summed E-state index contributed by atoms with van der Waals surface area (Å²) >= 11 is 0. The molecule has 3 aliphatic heterocycles. The molecular weight excluding hydrogens is 1050 g/mol. The highest BCUT2D eigenvalue weighted by Crippen LogP contribution is 2.63. The number of fused-ring (bicyclic) bond motifs is 11. The van der Waals surface area contributed by atoms with Gasteiger partial charge in [0.05, 0.1) is 11.2 Å². The molecule has 0 spiro atoms. The molecule has 15 rings (SSSR count). The Hall–Kier alpha value is -7.56. The van der Waals surface area contributed by atoms with Crippen LogP contribution in [-0.2, 0) is 37.9 Å². The van der Waals surface area contributed by atoms with E-state index in [9.17, 15) is 0 Å². The van der Waals surface area contributed by atoms with Crippen molar-refractivity contribution in [1.82, 2.24) is 0 Å². The third kappa shape index (κ3) is 7.61. The van der Waals surface area contributed by atoms with Gasteiger partial charge in [-0.15, -0.1) is 0 Å². The van der Waals surface area contributed by atoms with Crippen LogP contribution >= 0.6 is 0 Å². The Kier molecular flexibility index (Phi) is 11.8. The zero-order chi connectivity index (χ0) is 61.1. The van der Waals surface area contributed by atoms with Gasteiger partial charge in [-0.25, -0.2) is 0 Å². The maximum Gasteiger partial charge on any atom is 0.252 e. The average molecular weight is 1140 g/mol. The molecule has 3 heterocycles. The first-order valence-corrected chi connectivity index (χ1v) is 32.7. The molecule has 9 aromatic carbocycles. The molecule has 1 saturated carbocycles. The van der Waals surface area contributed by atoms with Crippen LogP contribution in [0.25, 0.3) is 11.1 Å². The molecule has 2 unspecified atom stereocenters. The molecular formula is C83H88BN3. The quantitative estimate of drug-likeness (QED) is 0.163. The summed E-state index contributed by atoms with van der Waals surface area (Å²) in [6.07, 6.45) is 4.72. The van der Waals surface area contributed by atoms with Gasteiger partial charge in [0, 0.05) is 72.5 Å². The van der Waals surface area contributed by atoms with Crippen LogP contribution in [0.4, 0.5) is 45.5 Å². The summed E-state index contributed by atoms with van der Waals surface area (Å²) in [5, 5.41) is 0. The molecule has 9 aromatic rings. The summed E-state index contributed by atoms with van der Waals surface area (Å²) in [6, 6.07) is 70.4. The van der Waals surface area contributed by atoms with Crippen LogP contribution in [-0.4, -0.2) is 12.3 Å². The van der Waals surface area contributed by atoms with Gasteiger partial charge in [0.25, 0.3) is 6.71 Å². The van der Waals surface area contributed by atoms with Crippen LogP contribution in [0.15, 0.2) is 176 Å². The SMILES string of the molecule is Cc1cc(C(C)(C)C)ccc1N1c2cc3c(cc2B2c4cc5c(cc4N(c4ccc(C(C)(C)C)cc4-c4ccccc4)c4cc(N6c7ccccc7C7(C)CCCCC67C)cc1c42)C(C)(C)c1ccccc1C5(C)C)C(C)(C)c1ccccc1C3(C)C. The van der Waals surface area contributed by atoms with Crippen molar-refractivity contribution in [1.29, 1.82) is 0 Å². The third-order valence-electron chi connectivity index (χ3n) is 23.3. The normalized spacial score (nSPS) is 21.1. The van der Waals surface area contributed by atoms with E-state index in [1.54, 1.807) is 0 Å². The van der Waals surface area contributed by atoms with Crippen molar-refractivity contribution in [2.24, 2.45) is 0 Å². The van der Waals surface area contributed by atoms with Gasteiger partial charge in [-0.2, -0.15) is 0 Å². The number of rotatable bonds is 4. The summed E-state index contributed by atoms with van der Waals surface area (Å²) in [5.74, 6) is 0. The largest absolute Gasteiger partial charge is 0.334 e. The van der Waals surface area contributed by atoms with E-state index in [1.165, 1.54) is 153 Å². The van der Waals surface area contributed by atoms with E-state index in [-0.39, 0.29) is 50.2 Å². The summed E-state index contributed by atoms with van der Waals surface area (Å²) in [5.41, 5.74) is 32.0. The zero-order valence-corrected chi connectivity index (χ0v) is 55.0. The lowest BCUT2D eigenvalue weighted by molar-refractivity contribution is 0.195. The summed E-state index contributed by atoms with van der Waals surface area (Å²) in [7, 11) is 0. The van der Waals surface area contributed by atoms with Crippen LogP contribution in [0.1, 0.15) is 203 Å². The van der Waals surface area contributed by atoms with E-state index in [1.807, 2.05) is 0 Å². The van der Waals surface area contributed by atoms with Crippen LogP contribution in [0.2, 0.25) is 0 Å². The Bertz CT molecular complexity index is 4390. The van der Waals surface area contributed by atoms with Crippen molar-refractivity contribution in [3.05, 3.63) is 243 Å². The Balaban J connectivity index is 1.14. The number of aryl methyl sites for hydroxylation is 1. The van der Waals surface area contributed by atoms with Crippen LogP contribution in [0.5, 0.6) is 0 Å². The van der Waals surface area contributed by atoms with Gasteiger partial charge < -0.3 is 14.7 Å². The van der Waals surface area contributed by atoms with Gasteiger partial charge in [-0.05, 0) is 175 Å². The molecule has 4 heteroatoms. The molecule has 0 N–H and O–H groups in total. The van der Waals surface area contributed by atoms with Gasteiger partial charge in [-0.3, -0.25) is 0 Å². The second kappa shape index (κ2) is 18.3. The second-order valence-corrected chi connectivity index (χ2v) is 31.8.